The van der Waals surface area contributed by atoms with Crippen LogP contribution in [0.5, 0.6) is 0 Å². The minimum atomic E-state index is -0.133. The normalized spacial score (nSPS) is 12.8. The van der Waals surface area contributed by atoms with Crippen molar-refractivity contribution < 1.29 is 4.74 Å². The van der Waals surface area contributed by atoms with Crippen LogP contribution in [0.3, 0.4) is 0 Å². The molecule has 0 aliphatic heterocycles. The van der Waals surface area contributed by atoms with Crippen molar-refractivity contribution in [2.45, 2.75) is 32.5 Å². The summed E-state index contributed by atoms with van der Waals surface area (Å²) in [6.45, 7) is 4.98. The highest BCUT2D eigenvalue weighted by Crippen LogP contribution is 2.27. The second kappa shape index (κ2) is 6.75. The summed E-state index contributed by atoms with van der Waals surface area (Å²) in [5.74, 6) is 0. The summed E-state index contributed by atoms with van der Waals surface area (Å²) in [6, 6.07) is 10.5. The molecule has 0 radical (unpaired) electrons. The molecule has 1 atom stereocenters. The molecule has 0 saturated carbocycles. The van der Waals surface area contributed by atoms with Gasteiger partial charge in [-0.25, -0.2) is 0 Å². The summed E-state index contributed by atoms with van der Waals surface area (Å²) in [5, 5.41) is 13.7. The third-order valence-corrected chi connectivity index (χ3v) is 3.67. The van der Waals surface area contributed by atoms with Crippen LogP contribution < -0.4 is 5.32 Å². The van der Waals surface area contributed by atoms with Crippen molar-refractivity contribution in [3.05, 3.63) is 45.9 Å². The van der Waals surface area contributed by atoms with E-state index < -0.39 is 0 Å². The summed E-state index contributed by atoms with van der Waals surface area (Å²) >= 11 is 1.59. The topological polar surface area (TPSA) is 47.0 Å². The van der Waals surface area contributed by atoms with Gasteiger partial charge in [0.15, 0.2) is 5.01 Å². The van der Waals surface area contributed by atoms with Crippen LogP contribution in [0.15, 0.2) is 30.3 Å². The zero-order valence-corrected chi connectivity index (χ0v) is 12.3. The smallest absolute Gasteiger partial charge is 0.151 e. The lowest BCUT2D eigenvalue weighted by molar-refractivity contribution is 0.135. The lowest BCUT2D eigenvalue weighted by Crippen LogP contribution is -2.21. The number of benzene rings is 1. The Morgan fingerprint density at radius 1 is 1.21 bits per heavy atom. The highest BCUT2D eigenvalue weighted by Gasteiger charge is 2.18. The van der Waals surface area contributed by atoms with E-state index in [9.17, 15) is 0 Å². The molecule has 1 aromatic heterocycles. The molecule has 0 fully saturated rings. The highest BCUT2D eigenvalue weighted by atomic mass is 32.1. The third kappa shape index (κ3) is 3.83. The first-order chi connectivity index (χ1) is 9.20. The third-order valence-electron chi connectivity index (χ3n) is 2.71. The molecule has 19 heavy (non-hydrogen) atoms. The second-order valence-electron chi connectivity index (χ2n) is 4.60. The molecule has 0 saturated heterocycles. The number of rotatable bonds is 6. The molecule has 102 valence electrons. The van der Waals surface area contributed by atoms with Crippen molar-refractivity contribution in [1.82, 2.24) is 15.5 Å². The van der Waals surface area contributed by atoms with E-state index in [0.717, 1.165) is 22.1 Å². The molecule has 1 N–H and O–H groups in total. The summed E-state index contributed by atoms with van der Waals surface area (Å²) in [6.07, 6.45) is -0.133. The van der Waals surface area contributed by atoms with Crippen LogP contribution in [-0.4, -0.2) is 23.3 Å². The van der Waals surface area contributed by atoms with Crippen molar-refractivity contribution in [3.63, 3.8) is 0 Å². The molecule has 0 aliphatic carbocycles. The summed E-state index contributed by atoms with van der Waals surface area (Å²) in [7, 11) is 1.70. The maximum atomic E-state index is 5.55. The van der Waals surface area contributed by atoms with E-state index in [-0.39, 0.29) is 6.10 Å². The molecule has 0 amide bonds. The Balaban J connectivity index is 2.12. The van der Waals surface area contributed by atoms with Gasteiger partial charge in [-0.15, -0.1) is 10.2 Å². The van der Waals surface area contributed by atoms with E-state index >= 15 is 0 Å². The van der Waals surface area contributed by atoms with Crippen molar-refractivity contribution in [1.29, 1.82) is 0 Å². The van der Waals surface area contributed by atoms with E-state index in [4.69, 9.17) is 4.74 Å². The molecule has 4 nitrogen and oxygen atoms in total. The number of hydrogen-bond donors (Lipinski definition) is 1. The number of aromatic nitrogens is 2. The van der Waals surface area contributed by atoms with Crippen LogP contribution >= 0.6 is 11.3 Å². The first-order valence-electron chi connectivity index (χ1n) is 6.34. The first-order valence-corrected chi connectivity index (χ1v) is 7.15. The van der Waals surface area contributed by atoms with Gasteiger partial charge in [0.2, 0.25) is 0 Å². The summed E-state index contributed by atoms with van der Waals surface area (Å²) < 4.78 is 5.55. The van der Waals surface area contributed by atoms with Crippen molar-refractivity contribution >= 4 is 11.3 Å². The van der Waals surface area contributed by atoms with Gasteiger partial charge in [0.1, 0.15) is 11.1 Å². The standard InChI is InChI=1S/C14H19N3OS/c1-10(2)15-9-12-16-17-14(19-12)13(18-3)11-7-5-4-6-8-11/h4-8,10,13,15H,9H2,1-3H3. The van der Waals surface area contributed by atoms with Crippen LogP contribution in [0.25, 0.3) is 0 Å². The van der Waals surface area contributed by atoms with Gasteiger partial charge in [-0.1, -0.05) is 55.5 Å². The van der Waals surface area contributed by atoms with Gasteiger partial charge in [-0.05, 0) is 5.56 Å². The Labute approximate surface area is 117 Å². The molecule has 0 spiro atoms. The molecule has 0 bridgehead atoms. The van der Waals surface area contributed by atoms with Crippen LogP contribution in [0.4, 0.5) is 0 Å². The fourth-order valence-electron chi connectivity index (χ4n) is 1.74. The van der Waals surface area contributed by atoms with Crippen LogP contribution in [-0.2, 0) is 11.3 Å². The zero-order chi connectivity index (χ0) is 13.7. The van der Waals surface area contributed by atoms with Gasteiger partial charge in [-0.2, -0.15) is 0 Å². The number of ether oxygens (including phenoxy) is 1. The highest BCUT2D eigenvalue weighted by molar-refractivity contribution is 7.11. The molecular weight excluding hydrogens is 258 g/mol. The Morgan fingerprint density at radius 3 is 2.58 bits per heavy atom. The van der Waals surface area contributed by atoms with E-state index in [1.54, 1.807) is 18.4 Å². The SMILES string of the molecule is COC(c1ccccc1)c1nnc(CNC(C)C)s1. The predicted molar refractivity (Wildman–Crippen MR) is 77.2 cm³/mol. The summed E-state index contributed by atoms with van der Waals surface area (Å²) in [4.78, 5) is 0. The lowest BCUT2D eigenvalue weighted by atomic mass is 10.1. The first kappa shape index (κ1) is 14.1. The lowest BCUT2D eigenvalue weighted by Gasteiger charge is -2.11. The van der Waals surface area contributed by atoms with Gasteiger partial charge in [0.25, 0.3) is 0 Å². The minimum Gasteiger partial charge on any atom is -0.369 e. The Hall–Kier alpha value is -1.30. The minimum absolute atomic E-state index is 0.133. The maximum absolute atomic E-state index is 5.55. The van der Waals surface area contributed by atoms with Crippen LogP contribution in [0.1, 0.15) is 35.5 Å². The van der Waals surface area contributed by atoms with Gasteiger partial charge in [0, 0.05) is 19.7 Å². The Morgan fingerprint density at radius 2 is 1.95 bits per heavy atom. The molecule has 5 heteroatoms. The number of methoxy groups -OCH3 is 1. The monoisotopic (exact) mass is 277 g/mol. The van der Waals surface area contributed by atoms with E-state index in [1.807, 2.05) is 30.3 Å². The average molecular weight is 277 g/mol. The van der Waals surface area contributed by atoms with E-state index in [1.165, 1.54) is 0 Å². The maximum Gasteiger partial charge on any atom is 0.151 e. The molecule has 1 heterocycles. The van der Waals surface area contributed by atoms with Gasteiger partial charge < -0.3 is 10.1 Å². The molecule has 1 unspecified atom stereocenters. The number of hydrogen-bond acceptors (Lipinski definition) is 5. The molecule has 2 rings (SSSR count). The predicted octanol–water partition coefficient (Wildman–Crippen LogP) is 2.77. The fourth-order valence-corrected chi connectivity index (χ4v) is 2.64. The summed E-state index contributed by atoms with van der Waals surface area (Å²) in [5.41, 5.74) is 1.10. The zero-order valence-electron chi connectivity index (χ0n) is 11.5. The van der Waals surface area contributed by atoms with E-state index in [0.29, 0.717) is 6.04 Å². The van der Waals surface area contributed by atoms with Gasteiger partial charge >= 0.3 is 0 Å². The van der Waals surface area contributed by atoms with Crippen molar-refractivity contribution in [2.75, 3.05) is 7.11 Å². The molecule has 1 aromatic carbocycles. The quantitative estimate of drug-likeness (QED) is 0.882. The number of nitrogens with one attached hydrogen (secondary N) is 1. The fraction of sp³-hybridized carbons (Fsp3) is 0.429. The average Bonchev–Trinajstić information content (AvgIpc) is 2.87. The molecule has 2 aromatic rings. The number of nitrogens with zero attached hydrogens (tertiary/aromatic N) is 2. The second-order valence-corrected chi connectivity index (χ2v) is 5.69. The molecular formula is C14H19N3OS. The largest absolute Gasteiger partial charge is 0.369 e. The van der Waals surface area contributed by atoms with E-state index in [2.05, 4.69) is 29.4 Å². The van der Waals surface area contributed by atoms with Gasteiger partial charge in [0.05, 0.1) is 0 Å². The Kier molecular flexibility index (Phi) is 5.01. The van der Waals surface area contributed by atoms with Crippen molar-refractivity contribution in [3.8, 4) is 0 Å². The van der Waals surface area contributed by atoms with Gasteiger partial charge in [-0.3, -0.25) is 0 Å². The molecule has 0 aliphatic rings. The Bertz CT molecular complexity index is 498. The van der Waals surface area contributed by atoms with Crippen molar-refractivity contribution in [2.24, 2.45) is 0 Å². The van der Waals surface area contributed by atoms with Crippen LogP contribution in [0, 0.1) is 0 Å². The van der Waals surface area contributed by atoms with Crippen LogP contribution in [0.2, 0.25) is 0 Å².